The van der Waals surface area contributed by atoms with E-state index < -0.39 is 0 Å². The molecule has 3 aliphatic heterocycles. The summed E-state index contributed by atoms with van der Waals surface area (Å²) in [5.41, 5.74) is 1.63. The van der Waals surface area contributed by atoms with Crippen LogP contribution in [-0.2, 0) is 16.1 Å². The van der Waals surface area contributed by atoms with Crippen LogP contribution in [0.1, 0.15) is 48.5 Å². The summed E-state index contributed by atoms with van der Waals surface area (Å²) in [7, 11) is 0. The summed E-state index contributed by atoms with van der Waals surface area (Å²) < 4.78 is 24.0. The van der Waals surface area contributed by atoms with Gasteiger partial charge in [-0.25, -0.2) is 0 Å². The van der Waals surface area contributed by atoms with Crippen molar-refractivity contribution in [3.05, 3.63) is 53.6 Å². The van der Waals surface area contributed by atoms with Crippen molar-refractivity contribution >= 4 is 11.8 Å². The van der Waals surface area contributed by atoms with Crippen LogP contribution in [0, 0.1) is 0 Å². The highest BCUT2D eigenvalue weighted by atomic mass is 16.5. The third-order valence-electron chi connectivity index (χ3n) is 7.84. The van der Waals surface area contributed by atoms with Gasteiger partial charge in [-0.1, -0.05) is 24.3 Å². The van der Waals surface area contributed by atoms with Gasteiger partial charge in [0.05, 0.1) is 31.9 Å². The van der Waals surface area contributed by atoms with Gasteiger partial charge in [0.25, 0.3) is 5.91 Å². The molecule has 0 aliphatic carbocycles. The van der Waals surface area contributed by atoms with Crippen molar-refractivity contribution in [1.29, 1.82) is 0 Å². The average Bonchev–Trinajstić information content (AvgIpc) is 3.58. The Morgan fingerprint density at radius 2 is 1.85 bits per heavy atom. The maximum absolute atomic E-state index is 13.9. The number of ether oxygens (including phenoxy) is 4. The predicted octanol–water partition coefficient (Wildman–Crippen LogP) is 3.60. The van der Waals surface area contributed by atoms with Crippen molar-refractivity contribution in [2.45, 2.75) is 45.2 Å². The molecule has 2 fully saturated rings. The predicted molar refractivity (Wildman–Crippen MR) is 151 cm³/mol. The summed E-state index contributed by atoms with van der Waals surface area (Å²) in [5.74, 6) is 2.21. The lowest BCUT2D eigenvalue weighted by molar-refractivity contribution is -0.128. The molecule has 40 heavy (non-hydrogen) atoms. The molecule has 1 atom stereocenters. The quantitative estimate of drug-likeness (QED) is 0.520. The first-order valence-electron chi connectivity index (χ1n) is 14.6. The number of amides is 2. The summed E-state index contributed by atoms with van der Waals surface area (Å²) in [6.07, 6.45) is 3.61. The number of nitrogens with zero attached hydrogens (tertiary/aromatic N) is 3. The van der Waals surface area contributed by atoms with E-state index in [1.165, 1.54) is 0 Å². The number of para-hydroxylation sites is 2. The fourth-order valence-electron chi connectivity index (χ4n) is 5.80. The fourth-order valence-corrected chi connectivity index (χ4v) is 5.80. The Hall–Kier alpha value is -3.30. The maximum Gasteiger partial charge on any atom is 0.257 e. The number of likely N-dealkylation sites (tertiary alicyclic amines) is 1. The number of rotatable bonds is 7. The molecule has 3 aliphatic rings. The van der Waals surface area contributed by atoms with E-state index in [1.54, 1.807) is 0 Å². The highest BCUT2D eigenvalue weighted by Crippen LogP contribution is 2.34. The number of hydrogen-bond donors (Lipinski definition) is 0. The van der Waals surface area contributed by atoms with Gasteiger partial charge in [0.15, 0.2) is 11.5 Å². The Morgan fingerprint density at radius 1 is 0.975 bits per heavy atom. The lowest BCUT2D eigenvalue weighted by Gasteiger charge is -2.31. The molecule has 2 saturated heterocycles. The summed E-state index contributed by atoms with van der Waals surface area (Å²) in [6.45, 7) is 8.26. The lowest BCUT2D eigenvalue weighted by atomic mass is 10.1. The van der Waals surface area contributed by atoms with E-state index in [4.69, 9.17) is 18.9 Å². The first-order valence-corrected chi connectivity index (χ1v) is 14.6. The van der Waals surface area contributed by atoms with E-state index in [-0.39, 0.29) is 17.9 Å². The van der Waals surface area contributed by atoms with Gasteiger partial charge < -0.3 is 28.7 Å². The zero-order valence-electron chi connectivity index (χ0n) is 23.5. The summed E-state index contributed by atoms with van der Waals surface area (Å²) in [6, 6.07) is 13.7. The van der Waals surface area contributed by atoms with Crippen molar-refractivity contribution in [2.24, 2.45) is 0 Å². The third kappa shape index (κ3) is 6.88. The normalized spacial score (nSPS) is 20.5. The zero-order valence-corrected chi connectivity index (χ0v) is 23.5. The zero-order chi connectivity index (χ0) is 27.7. The summed E-state index contributed by atoms with van der Waals surface area (Å²) in [4.78, 5) is 32.1. The molecule has 2 aromatic rings. The molecule has 3 heterocycles. The van der Waals surface area contributed by atoms with E-state index in [2.05, 4.69) is 11.0 Å². The standard InChI is InChI=1S/C31H41N3O6/c1-2-38-28-12-5-8-24-22-33-15-6-9-25(33)23-34(16-18-37-20-21-40-30(24)28)31(36)26-10-3-4-11-27(26)39-19-17-32-14-7-13-29(32)35/h3-5,8,10-12,25H,2,6-7,9,13-23H2,1H3/t25-/m0/s1. The van der Waals surface area contributed by atoms with Crippen LogP contribution in [0.4, 0.5) is 0 Å². The number of benzene rings is 2. The largest absolute Gasteiger partial charge is 0.491 e. The highest BCUT2D eigenvalue weighted by molar-refractivity contribution is 5.97. The van der Waals surface area contributed by atoms with Gasteiger partial charge in [0.1, 0.15) is 19.0 Å². The maximum atomic E-state index is 13.9. The second kappa shape index (κ2) is 13.9. The molecule has 5 rings (SSSR count). The minimum absolute atomic E-state index is 0.0616. The first kappa shape index (κ1) is 28.2. The van der Waals surface area contributed by atoms with Crippen LogP contribution in [0.25, 0.3) is 0 Å². The summed E-state index contributed by atoms with van der Waals surface area (Å²) in [5, 5.41) is 0. The number of fused-ring (bicyclic) bond motifs is 2. The molecule has 2 aromatic carbocycles. The molecule has 0 unspecified atom stereocenters. The van der Waals surface area contributed by atoms with Crippen LogP contribution in [0.15, 0.2) is 42.5 Å². The minimum Gasteiger partial charge on any atom is -0.491 e. The highest BCUT2D eigenvalue weighted by Gasteiger charge is 2.31. The Morgan fingerprint density at radius 3 is 2.70 bits per heavy atom. The number of carbonyl (C=O) groups is 2. The van der Waals surface area contributed by atoms with E-state index >= 15 is 0 Å². The van der Waals surface area contributed by atoms with Gasteiger partial charge in [-0.3, -0.25) is 14.5 Å². The van der Waals surface area contributed by atoms with Crippen LogP contribution >= 0.6 is 0 Å². The Balaban J connectivity index is 1.31. The van der Waals surface area contributed by atoms with Crippen molar-refractivity contribution in [3.63, 3.8) is 0 Å². The van der Waals surface area contributed by atoms with Crippen LogP contribution in [0.2, 0.25) is 0 Å². The molecular formula is C31H41N3O6. The van der Waals surface area contributed by atoms with Crippen molar-refractivity contribution < 1.29 is 28.5 Å². The van der Waals surface area contributed by atoms with Gasteiger partial charge in [0.2, 0.25) is 5.91 Å². The third-order valence-corrected chi connectivity index (χ3v) is 7.84. The molecule has 0 saturated carbocycles. The average molecular weight is 552 g/mol. The molecule has 9 heteroatoms. The van der Waals surface area contributed by atoms with Crippen LogP contribution in [0.5, 0.6) is 17.2 Å². The van der Waals surface area contributed by atoms with Gasteiger partial charge in [0, 0.05) is 44.2 Å². The van der Waals surface area contributed by atoms with Crippen molar-refractivity contribution in [1.82, 2.24) is 14.7 Å². The van der Waals surface area contributed by atoms with E-state index in [9.17, 15) is 9.59 Å². The molecule has 0 spiro atoms. The van der Waals surface area contributed by atoms with Crippen molar-refractivity contribution in [2.75, 3.05) is 65.8 Å². The van der Waals surface area contributed by atoms with Gasteiger partial charge in [-0.05, 0) is 50.9 Å². The molecule has 9 nitrogen and oxygen atoms in total. The SMILES string of the molecule is CCOc1cccc2c1OCCOCCN(C(=O)c1ccccc1OCCN1CCCC1=O)C[C@@H]1CCCN1C2. The van der Waals surface area contributed by atoms with Crippen LogP contribution < -0.4 is 14.2 Å². The number of carbonyl (C=O) groups excluding carboxylic acids is 2. The fraction of sp³-hybridized carbons (Fsp3) is 0.548. The Bertz CT molecular complexity index is 1160. The topological polar surface area (TPSA) is 80.8 Å². The summed E-state index contributed by atoms with van der Waals surface area (Å²) >= 11 is 0. The van der Waals surface area contributed by atoms with E-state index in [1.807, 2.05) is 53.1 Å². The first-order chi connectivity index (χ1) is 19.6. The molecule has 0 radical (unpaired) electrons. The molecule has 0 aromatic heterocycles. The Labute approximate surface area is 236 Å². The van der Waals surface area contributed by atoms with Crippen molar-refractivity contribution in [3.8, 4) is 17.2 Å². The molecule has 2 amide bonds. The van der Waals surface area contributed by atoms with Crippen LogP contribution in [0.3, 0.4) is 0 Å². The number of hydrogen-bond acceptors (Lipinski definition) is 7. The second-order valence-electron chi connectivity index (χ2n) is 10.5. The Kier molecular flexibility index (Phi) is 9.78. The second-order valence-corrected chi connectivity index (χ2v) is 10.5. The minimum atomic E-state index is -0.0616. The van der Waals surface area contributed by atoms with E-state index in [0.29, 0.717) is 70.4 Å². The van der Waals surface area contributed by atoms with Crippen LogP contribution in [-0.4, -0.2) is 98.3 Å². The molecule has 216 valence electrons. The van der Waals surface area contributed by atoms with Gasteiger partial charge in [-0.15, -0.1) is 0 Å². The van der Waals surface area contributed by atoms with Gasteiger partial charge >= 0.3 is 0 Å². The monoisotopic (exact) mass is 551 g/mol. The molecule has 0 N–H and O–H groups in total. The van der Waals surface area contributed by atoms with E-state index in [0.717, 1.165) is 56.0 Å². The smallest absolute Gasteiger partial charge is 0.257 e. The molecular weight excluding hydrogens is 510 g/mol. The lowest BCUT2D eigenvalue weighted by Crippen LogP contribution is -2.44. The molecule has 0 bridgehead atoms. The van der Waals surface area contributed by atoms with Gasteiger partial charge in [-0.2, -0.15) is 0 Å².